The van der Waals surface area contributed by atoms with E-state index in [1.54, 1.807) is 0 Å². The molecule has 444 valence electrons. The number of ether oxygens (including phenoxy) is 6. The minimum Gasteiger partial charge on any atom is -0.457 e. The SMILES string of the molecule is CC/C=C\C/C=C\C/C=C\C/C=C\C/C=C\C/C=C\CCCCCCCOCC(COC1OC(COC2OC(CO)C(O)C(O)C2O)C(O)C(O)C1O)OC(=O)CCCCCCCCCCC/C=C\CCCCCCCC. The van der Waals surface area contributed by atoms with Crippen molar-refractivity contribution in [3.05, 3.63) is 85.1 Å². The van der Waals surface area contributed by atoms with Crippen LogP contribution in [0.4, 0.5) is 0 Å². The minimum absolute atomic E-state index is 0.0432. The van der Waals surface area contributed by atoms with Gasteiger partial charge in [-0.25, -0.2) is 0 Å². The summed E-state index contributed by atoms with van der Waals surface area (Å²) in [5, 5.41) is 72.4. The molecule has 2 fully saturated rings. The molecular weight excluding hydrogens is 981 g/mol. The first kappa shape index (κ1) is 70.3. The molecule has 0 bridgehead atoms. The van der Waals surface area contributed by atoms with Crippen LogP contribution in [0.2, 0.25) is 0 Å². The summed E-state index contributed by atoms with van der Waals surface area (Å²) < 4.78 is 34.4. The van der Waals surface area contributed by atoms with Crippen LogP contribution in [0.5, 0.6) is 0 Å². The van der Waals surface area contributed by atoms with Crippen molar-refractivity contribution < 1.29 is 69.0 Å². The minimum atomic E-state index is -1.72. The lowest BCUT2D eigenvalue weighted by atomic mass is 9.98. The normalized spacial score (nSPS) is 24.9. The highest BCUT2D eigenvalue weighted by atomic mass is 16.7. The first-order valence-electron chi connectivity index (χ1n) is 30.2. The molecule has 0 spiro atoms. The Morgan fingerprint density at radius 2 is 0.844 bits per heavy atom. The lowest BCUT2D eigenvalue weighted by Gasteiger charge is -2.42. The number of hydrogen-bond donors (Lipinski definition) is 7. The van der Waals surface area contributed by atoms with Crippen LogP contribution in [0.3, 0.4) is 0 Å². The van der Waals surface area contributed by atoms with Crippen molar-refractivity contribution in [2.24, 2.45) is 0 Å². The molecule has 2 aliphatic rings. The zero-order chi connectivity index (χ0) is 55.8. The molecule has 2 saturated heterocycles. The summed E-state index contributed by atoms with van der Waals surface area (Å²) >= 11 is 0. The molecule has 2 aliphatic heterocycles. The molecular formula is C63H108O14. The number of aliphatic hydroxyl groups excluding tert-OH is 7. The zero-order valence-corrected chi connectivity index (χ0v) is 47.7. The monoisotopic (exact) mass is 1090 g/mol. The van der Waals surface area contributed by atoms with Gasteiger partial charge in [-0.1, -0.05) is 195 Å². The second-order valence-electron chi connectivity index (χ2n) is 20.8. The summed E-state index contributed by atoms with van der Waals surface area (Å²) in [5.74, 6) is -0.387. The fourth-order valence-electron chi connectivity index (χ4n) is 9.05. The third-order valence-corrected chi connectivity index (χ3v) is 13.9. The van der Waals surface area contributed by atoms with Gasteiger partial charge in [0.05, 0.1) is 26.4 Å². The topological polar surface area (TPSA) is 214 Å². The first-order chi connectivity index (χ1) is 37.6. The third-order valence-electron chi connectivity index (χ3n) is 13.9. The van der Waals surface area contributed by atoms with Gasteiger partial charge in [-0.2, -0.15) is 0 Å². The molecule has 0 amide bonds. The van der Waals surface area contributed by atoms with Gasteiger partial charge in [0.2, 0.25) is 0 Å². The van der Waals surface area contributed by atoms with Crippen LogP contribution in [-0.4, -0.2) is 142 Å². The predicted molar refractivity (Wildman–Crippen MR) is 307 cm³/mol. The van der Waals surface area contributed by atoms with E-state index in [-0.39, 0.29) is 25.6 Å². The van der Waals surface area contributed by atoms with E-state index in [4.69, 9.17) is 28.4 Å². The maximum atomic E-state index is 13.1. The number of carbonyl (C=O) groups is 1. The molecule has 14 heteroatoms. The fraction of sp³-hybridized carbons (Fsp3) is 0.762. The van der Waals surface area contributed by atoms with E-state index in [9.17, 15) is 40.5 Å². The summed E-state index contributed by atoms with van der Waals surface area (Å²) in [6, 6.07) is 0. The predicted octanol–water partition coefficient (Wildman–Crippen LogP) is 11.2. The average molecular weight is 1090 g/mol. The maximum Gasteiger partial charge on any atom is 0.306 e. The summed E-state index contributed by atoms with van der Waals surface area (Å²) in [5.41, 5.74) is 0. The number of esters is 1. The van der Waals surface area contributed by atoms with Crippen molar-refractivity contribution in [2.75, 3.05) is 33.0 Å². The third kappa shape index (κ3) is 35.5. The van der Waals surface area contributed by atoms with Crippen molar-refractivity contribution in [2.45, 2.75) is 274 Å². The molecule has 0 aromatic carbocycles. The molecule has 2 heterocycles. The molecule has 0 radical (unpaired) electrons. The highest BCUT2D eigenvalue weighted by molar-refractivity contribution is 5.69. The summed E-state index contributed by atoms with van der Waals surface area (Å²) in [7, 11) is 0. The zero-order valence-electron chi connectivity index (χ0n) is 47.7. The van der Waals surface area contributed by atoms with E-state index >= 15 is 0 Å². The van der Waals surface area contributed by atoms with Crippen LogP contribution < -0.4 is 0 Å². The Balaban J connectivity index is 1.72. The largest absolute Gasteiger partial charge is 0.457 e. The van der Waals surface area contributed by atoms with E-state index < -0.39 is 80.7 Å². The number of rotatable bonds is 48. The van der Waals surface area contributed by atoms with Gasteiger partial charge in [-0.05, 0) is 89.9 Å². The molecule has 0 saturated carbocycles. The summed E-state index contributed by atoms with van der Waals surface area (Å²) in [6.07, 6.45) is 47.8. The molecule has 0 aliphatic carbocycles. The van der Waals surface area contributed by atoms with Gasteiger partial charge in [0.15, 0.2) is 12.6 Å². The Hall–Kier alpha value is -2.83. The second kappa shape index (κ2) is 49.0. The lowest BCUT2D eigenvalue weighted by molar-refractivity contribution is -0.332. The van der Waals surface area contributed by atoms with Crippen LogP contribution in [0.1, 0.15) is 206 Å². The molecule has 0 aromatic heterocycles. The maximum absolute atomic E-state index is 13.1. The Bertz CT molecular complexity index is 1590. The van der Waals surface area contributed by atoms with E-state index in [1.165, 1.54) is 83.5 Å². The van der Waals surface area contributed by atoms with Gasteiger partial charge in [0.1, 0.15) is 54.9 Å². The molecule has 7 N–H and O–H groups in total. The molecule has 14 nitrogen and oxygen atoms in total. The van der Waals surface area contributed by atoms with Crippen molar-refractivity contribution in [1.82, 2.24) is 0 Å². The summed E-state index contributed by atoms with van der Waals surface area (Å²) in [4.78, 5) is 13.1. The van der Waals surface area contributed by atoms with E-state index in [2.05, 4.69) is 98.9 Å². The van der Waals surface area contributed by atoms with Crippen molar-refractivity contribution in [1.29, 1.82) is 0 Å². The number of carbonyl (C=O) groups excluding carboxylic acids is 1. The highest BCUT2D eigenvalue weighted by Crippen LogP contribution is 2.26. The van der Waals surface area contributed by atoms with Crippen LogP contribution in [0, 0.1) is 0 Å². The smallest absolute Gasteiger partial charge is 0.306 e. The fourth-order valence-corrected chi connectivity index (χ4v) is 9.05. The Labute approximate surface area is 465 Å². The molecule has 11 atom stereocenters. The van der Waals surface area contributed by atoms with Gasteiger partial charge < -0.3 is 64.2 Å². The lowest BCUT2D eigenvalue weighted by Crippen LogP contribution is -2.61. The number of aliphatic hydroxyl groups is 7. The molecule has 77 heavy (non-hydrogen) atoms. The Kier molecular flexibility index (Phi) is 44.7. The van der Waals surface area contributed by atoms with Crippen LogP contribution in [0.15, 0.2) is 85.1 Å². The molecule has 2 rings (SSSR count). The van der Waals surface area contributed by atoms with E-state index in [0.29, 0.717) is 13.0 Å². The van der Waals surface area contributed by atoms with Gasteiger partial charge in [-0.15, -0.1) is 0 Å². The Morgan fingerprint density at radius 1 is 0.442 bits per heavy atom. The quantitative estimate of drug-likeness (QED) is 0.0172. The van der Waals surface area contributed by atoms with Crippen molar-refractivity contribution >= 4 is 5.97 Å². The van der Waals surface area contributed by atoms with Crippen LogP contribution >= 0.6 is 0 Å². The van der Waals surface area contributed by atoms with E-state index in [0.717, 1.165) is 96.3 Å². The standard InChI is InChI=1S/C63H108O14/c1-3-5-7-9-11-13-15-17-19-21-23-24-25-26-27-29-31-33-35-37-39-41-43-45-47-72-49-52(75-55(65)46-44-42-40-38-36-34-32-30-28-22-20-18-16-14-12-10-8-6-4-2)50-73-62-61(71)59(69)57(67)54(77-62)51-74-63-60(70)58(68)56(66)53(48-64)76-63/h5,7,11,13,17-20,23-24,26-27,31,33,52-54,56-64,66-71H,3-4,6,8-10,12,14-16,21-22,25,28-30,32,34-51H2,1-2H3/b7-5-,13-11-,19-17-,20-18-,24-23-,27-26-,33-31-. The van der Waals surface area contributed by atoms with Crippen molar-refractivity contribution in [3.63, 3.8) is 0 Å². The average Bonchev–Trinajstić information content (AvgIpc) is 3.43. The van der Waals surface area contributed by atoms with Gasteiger partial charge in [0, 0.05) is 13.0 Å². The number of unbranched alkanes of at least 4 members (excludes halogenated alkanes) is 20. The van der Waals surface area contributed by atoms with Crippen molar-refractivity contribution in [3.8, 4) is 0 Å². The highest BCUT2D eigenvalue weighted by Gasteiger charge is 2.47. The Morgan fingerprint density at radius 3 is 1.34 bits per heavy atom. The number of allylic oxidation sites excluding steroid dienone is 14. The van der Waals surface area contributed by atoms with Gasteiger partial charge in [-0.3, -0.25) is 4.79 Å². The van der Waals surface area contributed by atoms with Crippen LogP contribution in [0.25, 0.3) is 0 Å². The summed E-state index contributed by atoms with van der Waals surface area (Å²) in [6.45, 7) is 3.52. The molecule has 11 unspecified atom stereocenters. The van der Waals surface area contributed by atoms with Gasteiger partial charge in [0.25, 0.3) is 0 Å². The molecule has 0 aromatic rings. The van der Waals surface area contributed by atoms with Crippen LogP contribution in [-0.2, 0) is 33.2 Å². The first-order valence-corrected chi connectivity index (χ1v) is 30.2. The second-order valence-corrected chi connectivity index (χ2v) is 20.8. The van der Waals surface area contributed by atoms with E-state index in [1.807, 2.05) is 0 Å². The van der Waals surface area contributed by atoms with Gasteiger partial charge >= 0.3 is 5.97 Å². The number of hydrogen-bond acceptors (Lipinski definition) is 14.